The van der Waals surface area contributed by atoms with Gasteiger partial charge in [0.25, 0.3) is 0 Å². The molecule has 0 aliphatic rings. The van der Waals surface area contributed by atoms with Crippen LogP contribution in [0.4, 0.5) is 0 Å². The van der Waals surface area contributed by atoms with E-state index in [1.165, 1.54) is 44.1 Å². The molecule has 72 valence electrons. The van der Waals surface area contributed by atoms with E-state index in [0.29, 0.717) is 6.54 Å². The van der Waals surface area contributed by atoms with E-state index in [1.807, 2.05) is 0 Å². The molecule has 0 aromatic heterocycles. The number of allylic oxidation sites excluding steroid dienone is 1. The van der Waals surface area contributed by atoms with Crippen LogP contribution in [0, 0.1) is 0 Å². The lowest BCUT2D eigenvalue weighted by atomic mass is 10.1. The monoisotopic (exact) mass is 169 g/mol. The average Bonchev–Trinajstić information content (AvgIpc) is 2.05. The summed E-state index contributed by atoms with van der Waals surface area (Å²) in [5.41, 5.74) is 6.86. The van der Waals surface area contributed by atoms with Gasteiger partial charge in [-0.2, -0.15) is 0 Å². The van der Waals surface area contributed by atoms with Crippen molar-refractivity contribution >= 4 is 0 Å². The molecule has 0 spiro atoms. The van der Waals surface area contributed by atoms with Crippen molar-refractivity contribution in [1.29, 1.82) is 0 Å². The van der Waals surface area contributed by atoms with Gasteiger partial charge in [0.05, 0.1) is 0 Å². The second kappa shape index (κ2) is 8.79. The van der Waals surface area contributed by atoms with Gasteiger partial charge in [0.15, 0.2) is 0 Å². The molecule has 0 amide bonds. The van der Waals surface area contributed by atoms with E-state index in [0.717, 1.165) is 0 Å². The number of nitrogens with two attached hydrogens (primary N) is 1. The largest absolute Gasteiger partial charge is 0.327 e. The van der Waals surface area contributed by atoms with Gasteiger partial charge in [0.2, 0.25) is 0 Å². The number of rotatable bonds is 7. The van der Waals surface area contributed by atoms with Crippen LogP contribution < -0.4 is 5.73 Å². The number of hydrogen-bond donors (Lipinski definition) is 1. The quantitative estimate of drug-likeness (QED) is 0.459. The Morgan fingerprint density at radius 3 is 2.42 bits per heavy atom. The molecule has 0 aliphatic heterocycles. The summed E-state index contributed by atoms with van der Waals surface area (Å²) in [6.45, 7) is 5.12. The molecule has 0 aliphatic carbocycles. The van der Waals surface area contributed by atoms with Crippen molar-refractivity contribution in [3.05, 3.63) is 11.6 Å². The first-order valence-electron chi connectivity index (χ1n) is 5.17. The Balaban J connectivity index is 3.14. The summed E-state index contributed by atoms with van der Waals surface area (Å²) in [6, 6.07) is 0. The van der Waals surface area contributed by atoms with E-state index in [2.05, 4.69) is 19.9 Å². The molecule has 0 rings (SSSR count). The highest BCUT2D eigenvalue weighted by molar-refractivity contribution is 4.98. The average molecular weight is 169 g/mol. The second-order valence-electron chi connectivity index (χ2n) is 3.45. The van der Waals surface area contributed by atoms with E-state index in [4.69, 9.17) is 5.73 Å². The molecule has 1 heteroatoms. The molecular formula is C11H23N. The maximum Gasteiger partial charge on any atom is 0.0109 e. The summed E-state index contributed by atoms with van der Waals surface area (Å²) in [5, 5.41) is 0. The predicted molar refractivity (Wildman–Crippen MR) is 56.2 cm³/mol. The van der Waals surface area contributed by atoms with Crippen LogP contribution in [0.3, 0.4) is 0 Å². The number of hydrogen-bond acceptors (Lipinski definition) is 1. The van der Waals surface area contributed by atoms with Crippen LogP contribution in [-0.4, -0.2) is 6.54 Å². The third-order valence-corrected chi connectivity index (χ3v) is 2.14. The van der Waals surface area contributed by atoms with E-state index < -0.39 is 0 Å². The zero-order chi connectivity index (χ0) is 9.23. The Kier molecular flexibility index (Phi) is 8.57. The van der Waals surface area contributed by atoms with Gasteiger partial charge in [-0.05, 0) is 19.8 Å². The third-order valence-electron chi connectivity index (χ3n) is 2.14. The molecule has 0 unspecified atom stereocenters. The molecule has 12 heavy (non-hydrogen) atoms. The van der Waals surface area contributed by atoms with Crippen LogP contribution in [0.1, 0.15) is 52.4 Å². The summed E-state index contributed by atoms with van der Waals surface area (Å²) in [4.78, 5) is 0. The van der Waals surface area contributed by atoms with Gasteiger partial charge in [-0.25, -0.2) is 0 Å². The minimum atomic E-state index is 0.695. The first kappa shape index (κ1) is 11.7. The van der Waals surface area contributed by atoms with Gasteiger partial charge in [-0.3, -0.25) is 0 Å². The fourth-order valence-corrected chi connectivity index (χ4v) is 1.31. The fourth-order valence-electron chi connectivity index (χ4n) is 1.31. The van der Waals surface area contributed by atoms with E-state index >= 15 is 0 Å². The lowest BCUT2D eigenvalue weighted by Crippen LogP contribution is -1.94. The summed E-state index contributed by atoms with van der Waals surface area (Å²) in [5.74, 6) is 0. The normalized spacial score (nSPS) is 12.1. The molecule has 0 aromatic rings. The van der Waals surface area contributed by atoms with Crippen molar-refractivity contribution in [2.75, 3.05) is 6.54 Å². The van der Waals surface area contributed by atoms with E-state index in [9.17, 15) is 0 Å². The van der Waals surface area contributed by atoms with E-state index in [1.54, 1.807) is 0 Å². The standard InChI is InChI=1S/C11H23N/c1-3-4-5-6-7-8-11(2)9-10-12/h9H,3-8,10,12H2,1-2H3. The SMILES string of the molecule is CCCCCCCC(C)=CCN. The Morgan fingerprint density at radius 1 is 1.17 bits per heavy atom. The Labute approximate surface area is 77.0 Å². The van der Waals surface area contributed by atoms with Crippen molar-refractivity contribution in [1.82, 2.24) is 0 Å². The van der Waals surface area contributed by atoms with Crippen LogP contribution in [-0.2, 0) is 0 Å². The van der Waals surface area contributed by atoms with E-state index in [-0.39, 0.29) is 0 Å². The molecule has 0 atom stereocenters. The molecule has 0 saturated heterocycles. The van der Waals surface area contributed by atoms with Crippen LogP contribution in [0.2, 0.25) is 0 Å². The molecule has 2 N–H and O–H groups in total. The summed E-state index contributed by atoms with van der Waals surface area (Å²) in [6.07, 6.45) is 10.2. The third kappa shape index (κ3) is 7.80. The summed E-state index contributed by atoms with van der Waals surface area (Å²) < 4.78 is 0. The smallest absolute Gasteiger partial charge is 0.0109 e. The molecule has 0 aromatic carbocycles. The topological polar surface area (TPSA) is 26.0 Å². The van der Waals surface area contributed by atoms with Crippen molar-refractivity contribution in [3.8, 4) is 0 Å². The maximum absolute atomic E-state index is 5.40. The van der Waals surface area contributed by atoms with Crippen LogP contribution >= 0.6 is 0 Å². The molecule has 0 bridgehead atoms. The zero-order valence-electron chi connectivity index (χ0n) is 8.60. The first-order chi connectivity index (χ1) is 5.81. The molecule has 0 saturated carbocycles. The molecule has 0 heterocycles. The number of unbranched alkanes of at least 4 members (excludes halogenated alkanes) is 4. The van der Waals surface area contributed by atoms with Gasteiger partial charge < -0.3 is 5.73 Å². The van der Waals surface area contributed by atoms with Gasteiger partial charge in [0.1, 0.15) is 0 Å². The first-order valence-corrected chi connectivity index (χ1v) is 5.17. The maximum atomic E-state index is 5.40. The second-order valence-corrected chi connectivity index (χ2v) is 3.45. The predicted octanol–water partition coefficient (Wildman–Crippen LogP) is 3.25. The molecule has 0 radical (unpaired) electrons. The van der Waals surface area contributed by atoms with Gasteiger partial charge in [-0.1, -0.05) is 44.3 Å². The minimum Gasteiger partial charge on any atom is -0.327 e. The lowest BCUT2D eigenvalue weighted by Gasteiger charge is -2.00. The fraction of sp³-hybridized carbons (Fsp3) is 0.818. The Bertz CT molecular complexity index is 116. The van der Waals surface area contributed by atoms with Crippen molar-refractivity contribution in [3.63, 3.8) is 0 Å². The highest BCUT2D eigenvalue weighted by atomic mass is 14.5. The Morgan fingerprint density at radius 2 is 1.83 bits per heavy atom. The Hall–Kier alpha value is -0.300. The van der Waals surface area contributed by atoms with Crippen molar-refractivity contribution in [2.45, 2.75) is 52.4 Å². The molecular weight excluding hydrogens is 146 g/mol. The summed E-state index contributed by atoms with van der Waals surface area (Å²) in [7, 11) is 0. The lowest BCUT2D eigenvalue weighted by molar-refractivity contribution is 0.630. The highest BCUT2D eigenvalue weighted by Crippen LogP contribution is 2.09. The van der Waals surface area contributed by atoms with Crippen LogP contribution in [0.25, 0.3) is 0 Å². The van der Waals surface area contributed by atoms with Gasteiger partial charge in [-0.15, -0.1) is 0 Å². The van der Waals surface area contributed by atoms with Crippen molar-refractivity contribution in [2.24, 2.45) is 5.73 Å². The highest BCUT2D eigenvalue weighted by Gasteiger charge is 1.90. The molecule has 1 nitrogen and oxygen atoms in total. The van der Waals surface area contributed by atoms with Crippen LogP contribution in [0.5, 0.6) is 0 Å². The zero-order valence-corrected chi connectivity index (χ0v) is 8.60. The van der Waals surface area contributed by atoms with Gasteiger partial charge >= 0.3 is 0 Å². The molecule has 0 fully saturated rings. The van der Waals surface area contributed by atoms with Gasteiger partial charge in [0, 0.05) is 6.54 Å². The summed E-state index contributed by atoms with van der Waals surface area (Å²) >= 11 is 0. The minimum absolute atomic E-state index is 0.695. The van der Waals surface area contributed by atoms with Crippen LogP contribution in [0.15, 0.2) is 11.6 Å². The van der Waals surface area contributed by atoms with Crippen molar-refractivity contribution < 1.29 is 0 Å².